The molecular formula is C36H33F4NO4. The summed E-state index contributed by atoms with van der Waals surface area (Å²) in [6.45, 7) is 0. The minimum absolute atomic E-state index is 0.00709. The Hall–Kier alpha value is -4.63. The third-order valence-electron chi connectivity index (χ3n) is 7.76. The second-order valence-corrected chi connectivity index (χ2v) is 10.9. The molecule has 2 atom stereocenters. The lowest BCUT2D eigenvalue weighted by molar-refractivity contribution is -0.253. The monoisotopic (exact) mass is 619 g/mol. The lowest BCUT2D eigenvalue weighted by Gasteiger charge is -2.26. The fourth-order valence-corrected chi connectivity index (χ4v) is 5.42. The number of aryl methyl sites for hydroxylation is 1. The summed E-state index contributed by atoms with van der Waals surface area (Å²) in [5.41, 5.74) is 5.01. The van der Waals surface area contributed by atoms with Gasteiger partial charge in [0, 0.05) is 5.56 Å². The quantitative estimate of drug-likeness (QED) is 0.167. The zero-order chi connectivity index (χ0) is 32.0. The molecule has 234 valence electrons. The van der Waals surface area contributed by atoms with Crippen LogP contribution in [0.4, 0.5) is 17.6 Å². The third kappa shape index (κ3) is 7.72. The standard InChI is InChI=1S/C36H33F4NO4/c1-44-28-12-6-11-27(22-28)24-16-18-26(19-17-24)33(42)32(21-23-8-5-13-29(20-23)45-36(39,40)35(37)38)41-34(43)31-15-7-10-25-9-3-2-4-14-30(25)31/h4-8,10-20,22,32-33,35,42H,2-3,9,21H2,1H3,(H,41,43). The first kappa shape index (κ1) is 31.8. The van der Waals surface area contributed by atoms with Crippen molar-refractivity contribution in [3.05, 3.63) is 125 Å². The van der Waals surface area contributed by atoms with Crippen LogP contribution in [0.15, 0.2) is 97.1 Å². The molecule has 0 heterocycles. The molecule has 1 amide bonds. The van der Waals surface area contributed by atoms with E-state index < -0.39 is 36.3 Å². The maximum absolute atomic E-state index is 13.7. The number of carbonyl (C=O) groups excluding carboxylic acids is 1. The second kappa shape index (κ2) is 14.0. The Morgan fingerprint density at radius 3 is 2.42 bits per heavy atom. The summed E-state index contributed by atoms with van der Waals surface area (Å²) in [5, 5.41) is 14.5. The Morgan fingerprint density at radius 2 is 1.67 bits per heavy atom. The number of hydrogen-bond donors (Lipinski definition) is 2. The molecule has 0 radical (unpaired) electrons. The van der Waals surface area contributed by atoms with Crippen molar-refractivity contribution in [2.24, 2.45) is 0 Å². The van der Waals surface area contributed by atoms with Crippen LogP contribution in [0.2, 0.25) is 0 Å². The molecule has 4 aromatic carbocycles. The largest absolute Gasteiger partial charge is 0.497 e. The van der Waals surface area contributed by atoms with Gasteiger partial charge in [0.25, 0.3) is 5.91 Å². The van der Waals surface area contributed by atoms with Crippen LogP contribution < -0.4 is 14.8 Å². The SMILES string of the molecule is COc1cccc(-c2ccc(C(O)C(Cc3cccc(OC(F)(F)C(F)F)c3)NC(=O)c3cccc4c3C=CCCC4)cc2)c1. The Morgan fingerprint density at radius 1 is 0.933 bits per heavy atom. The maximum Gasteiger partial charge on any atom is 0.461 e. The lowest BCUT2D eigenvalue weighted by Crippen LogP contribution is -2.41. The molecular weight excluding hydrogens is 586 g/mol. The van der Waals surface area contributed by atoms with Crippen molar-refractivity contribution in [3.63, 3.8) is 0 Å². The van der Waals surface area contributed by atoms with E-state index in [4.69, 9.17) is 4.74 Å². The molecule has 9 heteroatoms. The van der Waals surface area contributed by atoms with E-state index in [1.54, 1.807) is 31.4 Å². The summed E-state index contributed by atoms with van der Waals surface area (Å²) in [5.74, 6) is -0.170. The van der Waals surface area contributed by atoms with Crippen molar-refractivity contribution < 1.29 is 36.9 Å². The molecule has 0 spiro atoms. The topological polar surface area (TPSA) is 67.8 Å². The number of rotatable bonds is 11. The molecule has 0 aromatic heterocycles. The predicted molar refractivity (Wildman–Crippen MR) is 165 cm³/mol. The summed E-state index contributed by atoms with van der Waals surface area (Å²) in [4.78, 5) is 13.7. The zero-order valence-corrected chi connectivity index (χ0v) is 24.6. The number of benzene rings is 4. The Labute approximate surface area is 259 Å². The van der Waals surface area contributed by atoms with Gasteiger partial charge in [-0.15, -0.1) is 0 Å². The molecule has 2 N–H and O–H groups in total. The van der Waals surface area contributed by atoms with Gasteiger partial charge in [-0.05, 0) is 89.4 Å². The normalized spacial score (nSPS) is 14.3. The van der Waals surface area contributed by atoms with Gasteiger partial charge in [0.15, 0.2) is 0 Å². The highest BCUT2D eigenvalue weighted by Gasteiger charge is 2.44. The number of alkyl halides is 4. The number of fused-ring (bicyclic) bond motifs is 1. The van der Waals surface area contributed by atoms with Gasteiger partial charge in [0.2, 0.25) is 0 Å². The van der Waals surface area contributed by atoms with Gasteiger partial charge in [-0.2, -0.15) is 17.6 Å². The van der Waals surface area contributed by atoms with Crippen LogP contribution in [0.5, 0.6) is 11.5 Å². The molecule has 1 aliphatic carbocycles. The average Bonchev–Trinajstić information content (AvgIpc) is 3.30. The van der Waals surface area contributed by atoms with Gasteiger partial charge in [0.05, 0.1) is 19.3 Å². The number of methoxy groups -OCH3 is 1. The fourth-order valence-electron chi connectivity index (χ4n) is 5.42. The van der Waals surface area contributed by atoms with Crippen LogP contribution in [0.3, 0.4) is 0 Å². The highest BCUT2D eigenvalue weighted by molar-refractivity contribution is 5.98. The summed E-state index contributed by atoms with van der Waals surface area (Å²) in [6, 6.07) is 24.6. The Balaban J connectivity index is 1.44. The smallest absolute Gasteiger partial charge is 0.461 e. The molecule has 1 aliphatic rings. The molecule has 4 aromatic rings. The van der Waals surface area contributed by atoms with E-state index in [-0.39, 0.29) is 6.42 Å². The number of carbonyl (C=O) groups is 1. The summed E-state index contributed by atoms with van der Waals surface area (Å²) in [6.07, 6.45) is -3.25. The highest BCUT2D eigenvalue weighted by atomic mass is 19.3. The predicted octanol–water partition coefficient (Wildman–Crippen LogP) is 8.02. The number of nitrogens with one attached hydrogen (secondary N) is 1. The van der Waals surface area contributed by atoms with E-state index in [1.807, 2.05) is 60.7 Å². The third-order valence-corrected chi connectivity index (χ3v) is 7.76. The van der Waals surface area contributed by atoms with Crippen LogP contribution >= 0.6 is 0 Å². The molecule has 45 heavy (non-hydrogen) atoms. The molecule has 0 aliphatic heterocycles. The van der Waals surface area contributed by atoms with Crippen LogP contribution in [0.1, 0.15) is 51.6 Å². The minimum Gasteiger partial charge on any atom is -0.497 e. The summed E-state index contributed by atoms with van der Waals surface area (Å²) < 4.78 is 62.4. The first-order chi connectivity index (χ1) is 21.6. The van der Waals surface area contributed by atoms with Crippen molar-refractivity contribution >= 4 is 12.0 Å². The van der Waals surface area contributed by atoms with Crippen molar-refractivity contribution in [2.75, 3.05) is 7.11 Å². The molecule has 5 rings (SSSR count). The van der Waals surface area contributed by atoms with Crippen molar-refractivity contribution in [1.29, 1.82) is 0 Å². The van der Waals surface area contributed by atoms with Crippen LogP contribution in [-0.2, 0) is 12.8 Å². The van der Waals surface area contributed by atoms with E-state index >= 15 is 0 Å². The van der Waals surface area contributed by atoms with Gasteiger partial charge in [-0.1, -0.05) is 72.8 Å². The number of aliphatic hydroxyl groups excluding tert-OH is 1. The lowest BCUT2D eigenvalue weighted by atomic mass is 9.93. The molecule has 0 fully saturated rings. The van der Waals surface area contributed by atoms with Crippen molar-refractivity contribution in [2.45, 2.75) is 50.4 Å². The number of amides is 1. The van der Waals surface area contributed by atoms with Gasteiger partial charge in [-0.3, -0.25) is 4.79 Å². The average molecular weight is 620 g/mol. The van der Waals surface area contributed by atoms with Gasteiger partial charge in [-0.25, -0.2) is 0 Å². The fraction of sp³-hybridized carbons (Fsp3) is 0.250. The first-order valence-corrected chi connectivity index (χ1v) is 14.6. The van der Waals surface area contributed by atoms with Crippen molar-refractivity contribution in [1.82, 2.24) is 5.32 Å². The molecule has 2 unspecified atom stereocenters. The van der Waals surface area contributed by atoms with Crippen LogP contribution in [0.25, 0.3) is 17.2 Å². The number of allylic oxidation sites excluding steroid dienone is 1. The zero-order valence-electron chi connectivity index (χ0n) is 24.6. The molecule has 0 saturated carbocycles. The van der Waals surface area contributed by atoms with Gasteiger partial charge in [0.1, 0.15) is 11.5 Å². The van der Waals surface area contributed by atoms with E-state index in [0.717, 1.165) is 47.6 Å². The molecule has 0 saturated heterocycles. The van der Waals surface area contributed by atoms with E-state index in [2.05, 4.69) is 10.1 Å². The van der Waals surface area contributed by atoms with E-state index in [9.17, 15) is 27.5 Å². The van der Waals surface area contributed by atoms with Crippen LogP contribution in [-0.4, -0.2) is 36.7 Å². The number of hydrogen-bond acceptors (Lipinski definition) is 4. The second-order valence-electron chi connectivity index (χ2n) is 10.9. The minimum atomic E-state index is -4.67. The molecule has 5 nitrogen and oxygen atoms in total. The highest BCUT2D eigenvalue weighted by Crippen LogP contribution is 2.31. The first-order valence-electron chi connectivity index (χ1n) is 14.6. The summed E-state index contributed by atoms with van der Waals surface area (Å²) in [7, 11) is 1.59. The van der Waals surface area contributed by atoms with Gasteiger partial charge >= 0.3 is 12.5 Å². The van der Waals surface area contributed by atoms with E-state index in [1.165, 1.54) is 12.1 Å². The van der Waals surface area contributed by atoms with E-state index in [0.29, 0.717) is 22.4 Å². The maximum atomic E-state index is 13.7. The number of ether oxygens (including phenoxy) is 2. The summed E-state index contributed by atoms with van der Waals surface area (Å²) >= 11 is 0. The molecule has 0 bridgehead atoms. The number of aliphatic hydroxyl groups is 1. The van der Waals surface area contributed by atoms with Crippen molar-refractivity contribution in [3.8, 4) is 22.6 Å². The number of halogens is 4. The van der Waals surface area contributed by atoms with Crippen LogP contribution in [0, 0.1) is 0 Å². The van der Waals surface area contributed by atoms with Gasteiger partial charge < -0.3 is 19.9 Å². The Kier molecular flexibility index (Phi) is 9.88. The Bertz CT molecular complexity index is 1660.